The van der Waals surface area contributed by atoms with Gasteiger partial charge < -0.3 is 35.0 Å². The molecule has 152 valence electrons. The zero-order valence-electron chi connectivity index (χ0n) is 14.9. The normalized spacial score (nSPS) is 27.5. The Morgan fingerprint density at radius 3 is 2.61 bits per heavy atom. The van der Waals surface area contributed by atoms with E-state index >= 15 is 0 Å². The number of phenols is 1. The largest absolute Gasteiger partial charge is 0.507 e. The number of aryl methyl sites for hydroxylation is 1. The van der Waals surface area contributed by atoms with E-state index in [4.69, 9.17) is 9.47 Å². The lowest BCUT2D eigenvalue weighted by molar-refractivity contribution is -0.277. The number of thiazole rings is 1. The lowest BCUT2D eigenvalue weighted by atomic mass is 9.99. The van der Waals surface area contributed by atoms with E-state index in [0.717, 1.165) is 5.01 Å². The number of aromatic nitrogens is 1. The number of hydrogen-bond acceptors (Lipinski definition) is 10. The van der Waals surface area contributed by atoms with Crippen molar-refractivity contribution in [2.45, 2.75) is 44.1 Å². The van der Waals surface area contributed by atoms with Crippen LogP contribution in [0.5, 0.6) is 11.5 Å². The molecule has 0 spiro atoms. The van der Waals surface area contributed by atoms with Gasteiger partial charge in [0.25, 0.3) is 0 Å². The summed E-state index contributed by atoms with van der Waals surface area (Å²) in [6.45, 7) is 1.25. The standard InChI is InChI=1S/C18H21NO8S/c1-8-19-9(7-28-8)4-12(21)11-3-2-10(5-13(11)22)26-18-17(25)16(24)15(23)14(6-20)27-18/h2-3,5,7,14-18,20,22-25H,4,6H2,1H3/t14-,15-,16+,17-,18-/m1/s1. The molecule has 9 nitrogen and oxygen atoms in total. The highest BCUT2D eigenvalue weighted by Gasteiger charge is 2.44. The first-order chi connectivity index (χ1) is 13.3. The van der Waals surface area contributed by atoms with E-state index in [1.165, 1.54) is 29.5 Å². The summed E-state index contributed by atoms with van der Waals surface area (Å²) in [6.07, 6.45) is -7.09. The fourth-order valence-electron chi connectivity index (χ4n) is 2.87. The summed E-state index contributed by atoms with van der Waals surface area (Å²) in [7, 11) is 0. The molecule has 2 heterocycles. The van der Waals surface area contributed by atoms with Crippen LogP contribution >= 0.6 is 11.3 Å². The Bertz CT molecular complexity index is 839. The zero-order chi connectivity index (χ0) is 20.4. The van der Waals surface area contributed by atoms with Gasteiger partial charge in [-0.15, -0.1) is 11.3 Å². The fraction of sp³-hybridized carbons (Fsp3) is 0.444. The molecule has 3 rings (SSSR count). The van der Waals surface area contributed by atoms with Crippen molar-refractivity contribution in [3.8, 4) is 11.5 Å². The summed E-state index contributed by atoms with van der Waals surface area (Å²) in [4.78, 5) is 16.6. The SMILES string of the molecule is Cc1nc(CC(=O)c2ccc(O[C@@H]3O[C@H](CO)[C@@H](O)[C@H](O)[C@H]3O)cc2O)cs1. The van der Waals surface area contributed by atoms with Gasteiger partial charge >= 0.3 is 0 Å². The number of aromatic hydroxyl groups is 1. The Balaban J connectivity index is 1.70. The summed E-state index contributed by atoms with van der Waals surface area (Å²) in [6, 6.07) is 3.96. The summed E-state index contributed by atoms with van der Waals surface area (Å²) in [5.74, 6) is -0.566. The first kappa shape index (κ1) is 20.6. The average Bonchev–Trinajstić information content (AvgIpc) is 3.06. The van der Waals surface area contributed by atoms with Gasteiger partial charge in [0.2, 0.25) is 6.29 Å². The Morgan fingerprint density at radius 1 is 1.25 bits per heavy atom. The third-order valence-electron chi connectivity index (χ3n) is 4.38. The zero-order valence-corrected chi connectivity index (χ0v) is 15.7. The Morgan fingerprint density at radius 2 is 2.00 bits per heavy atom. The number of hydrogen-bond donors (Lipinski definition) is 5. The van der Waals surface area contributed by atoms with Crippen LogP contribution in [-0.4, -0.2) is 73.6 Å². The summed E-state index contributed by atoms with van der Waals surface area (Å²) in [5.41, 5.74) is 0.709. The molecule has 0 amide bonds. The number of aliphatic hydroxyl groups is 4. The van der Waals surface area contributed by atoms with E-state index in [1.807, 2.05) is 6.92 Å². The summed E-state index contributed by atoms with van der Waals surface area (Å²) < 4.78 is 10.7. The van der Waals surface area contributed by atoms with Gasteiger partial charge in [0.05, 0.1) is 29.3 Å². The molecule has 1 saturated heterocycles. The number of rotatable bonds is 6. The second kappa shape index (κ2) is 8.52. The molecule has 0 saturated carbocycles. The number of carbonyl (C=O) groups is 1. The predicted molar refractivity (Wildman–Crippen MR) is 97.4 cm³/mol. The van der Waals surface area contributed by atoms with Crippen LogP contribution in [0.2, 0.25) is 0 Å². The maximum Gasteiger partial charge on any atom is 0.229 e. The van der Waals surface area contributed by atoms with E-state index in [9.17, 15) is 30.3 Å². The molecule has 5 atom stereocenters. The molecule has 1 aliphatic rings. The molecule has 0 bridgehead atoms. The molecule has 5 N–H and O–H groups in total. The smallest absolute Gasteiger partial charge is 0.229 e. The summed E-state index contributed by atoms with van der Waals surface area (Å²) >= 11 is 1.43. The van der Waals surface area contributed by atoms with Crippen LogP contribution in [0.3, 0.4) is 0 Å². The highest BCUT2D eigenvalue weighted by atomic mass is 32.1. The molecule has 0 unspecified atom stereocenters. The van der Waals surface area contributed by atoms with Crippen molar-refractivity contribution >= 4 is 17.1 Å². The molecule has 1 aromatic heterocycles. The van der Waals surface area contributed by atoms with Gasteiger partial charge in [0, 0.05) is 11.4 Å². The van der Waals surface area contributed by atoms with E-state index < -0.39 is 37.3 Å². The van der Waals surface area contributed by atoms with Crippen LogP contribution in [0.4, 0.5) is 0 Å². The number of Topliss-reactive ketones (excluding diaryl/α,β-unsaturated/α-hetero) is 1. The molecule has 28 heavy (non-hydrogen) atoms. The lowest BCUT2D eigenvalue weighted by Gasteiger charge is -2.39. The van der Waals surface area contributed by atoms with E-state index in [-0.39, 0.29) is 29.3 Å². The van der Waals surface area contributed by atoms with Crippen molar-refractivity contribution in [1.29, 1.82) is 0 Å². The van der Waals surface area contributed by atoms with Crippen LogP contribution in [0.25, 0.3) is 0 Å². The minimum absolute atomic E-state index is 0.0464. The number of phenolic OH excluding ortho intramolecular Hbond substituents is 1. The molecule has 1 aromatic carbocycles. The molecule has 2 aromatic rings. The van der Waals surface area contributed by atoms with E-state index in [1.54, 1.807) is 5.38 Å². The minimum atomic E-state index is -1.58. The van der Waals surface area contributed by atoms with Crippen LogP contribution in [0, 0.1) is 6.92 Å². The molecule has 1 fully saturated rings. The monoisotopic (exact) mass is 411 g/mol. The number of aliphatic hydroxyl groups excluding tert-OH is 4. The van der Waals surface area contributed by atoms with Gasteiger partial charge in [-0.05, 0) is 19.1 Å². The van der Waals surface area contributed by atoms with Gasteiger partial charge in [-0.3, -0.25) is 4.79 Å². The first-order valence-electron chi connectivity index (χ1n) is 8.54. The Labute approximate surface area is 164 Å². The van der Waals surface area contributed by atoms with Crippen LogP contribution in [0.1, 0.15) is 21.1 Å². The maximum atomic E-state index is 12.4. The highest BCUT2D eigenvalue weighted by Crippen LogP contribution is 2.29. The van der Waals surface area contributed by atoms with Crippen LogP contribution < -0.4 is 4.74 Å². The first-order valence-corrected chi connectivity index (χ1v) is 9.42. The van der Waals surface area contributed by atoms with Crippen molar-refractivity contribution < 1.29 is 39.8 Å². The van der Waals surface area contributed by atoms with Crippen molar-refractivity contribution in [3.05, 3.63) is 39.8 Å². The van der Waals surface area contributed by atoms with Crippen molar-refractivity contribution in [1.82, 2.24) is 4.98 Å². The van der Waals surface area contributed by atoms with E-state index in [2.05, 4.69) is 4.98 Å². The molecule has 1 aliphatic heterocycles. The number of benzene rings is 1. The van der Waals surface area contributed by atoms with Crippen molar-refractivity contribution in [3.63, 3.8) is 0 Å². The van der Waals surface area contributed by atoms with Crippen molar-refractivity contribution in [2.24, 2.45) is 0 Å². The quantitative estimate of drug-likeness (QED) is 0.406. The third-order valence-corrected chi connectivity index (χ3v) is 5.20. The number of ketones is 1. The van der Waals surface area contributed by atoms with Gasteiger partial charge in [-0.2, -0.15) is 0 Å². The number of ether oxygens (including phenoxy) is 2. The molecular formula is C18H21NO8S. The van der Waals surface area contributed by atoms with Crippen molar-refractivity contribution in [2.75, 3.05) is 6.61 Å². The third kappa shape index (κ3) is 4.32. The fourth-order valence-corrected chi connectivity index (χ4v) is 3.48. The second-order valence-corrected chi connectivity index (χ2v) is 7.51. The van der Waals surface area contributed by atoms with E-state index in [0.29, 0.717) is 5.69 Å². The number of nitrogens with zero attached hydrogens (tertiary/aromatic N) is 1. The highest BCUT2D eigenvalue weighted by molar-refractivity contribution is 7.09. The topological polar surface area (TPSA) is 150 Å². The van der Waals surface area contributed by atoms with Gasteiger partial charge in [-0.1, -0.05) is 0 Å². The van der Waals surface area contributed by atoms with Gasteiger partial charge in [-0.25, -0.2) is 4.98 Å². The minimum Gasteiger partial charge on any atom is -0.507 e. The molecule has 0 aliphatic carbocycles. The molecule has 10 heteroatoms. The lowest BCUT2D eigenvalue weighted by Crippen LogP contribution is -2.60. The Hall–Kier alpha value is -2.08. The van der Waals surface area contributed by atoms with Crippen LogP contribution in [0.15, 0.2) is 23.6 Å². The molecular weight excluding hydrogens is 390 g/mol. The predicted octanol–water partition coefficient (Wildman–Crippen LogP) is -0.239. The van der Waals surface area contributed by atoms with Gasteiger partial charge in [0.15, 0.2) is 5.78 Å². The van der Waals surface area contributed by atoms with Crippen LogP contribution in [-0.2, 0) is 11.2 Å². The maximum absolute atomic E-state index is 12.4. The average molecular weight is 411 g/mol. The molecule has 0 radical (unpaired) electrons. The summed E-state index contributed by atoms with van der Waals surface area (Å²) in [5, 5.41) is 51.6. The second-order valence-electron chi connectivity index (χ2n) is 6.45. The Kier molecular flexibility index (Phi) is 6.28. The van der Waals surface area contributed by atoms with Gasteiger partial charge in [0.1, 0.15) is 35.9 Å². The number of carbonyl (C=O) groups excluding carboxylic acids is 1.